The van der Waals surface area contributed by atoms with Crippen LogP contribution < -0.4 is 0 Å². The van der Waals surface area contributed by atoms with E-state index in [4.69, 9.17) is 9.84 Å². The first-order valence-electron chi connectivity index (χ1n) is 8.40. The quantitative estimate of drug-likeness (QED) is 0.838. The summed E-state index contributed by atoms with van der Waals surface area (Å²) in [6.45, 7) is 7.86. The van der Waals surface area contributed by atoms with E-state index in [9.17, 15) is 4.79 Å². The van der Waals surface area contributed by atoms with Gasteiger partial charge in [-0.1, -0.05) is 30.3 Å². The average molecular weight is 320 g/mol. The number of nitrogens with zero attached hydrogens (tertiary/aromatic N) is 2. The highest BCUT2D eigenvalue weighted by atomic mass is 16.6. The van der Waals surface area contributed by atoms with Crippen molar-refractivity contribution in [3.63, 3.8) is 0 Å². The molecule has 128 valence electrons. The molecule has 1 fully saturated rings. The second-order valence-corrected chi connectivity index (χ2v) is 6.45. The van der Waals surface area contributed by atoms with E-state index in [2.05, 4.69) is 18.7 Å². The maximum absolute atomic E-state index is 12.2. The topological polar surface area (TPSA) is 53.0 Å². The molecular weight excluding hydrogens is 292 g/mol. The van der Waals surface area contributed by atoms with Gasteiger partial charge in [-0.25, -0.2) is 4.79 Å². The first-order chi connectivity index (χ1) is 11.1. The molecule has 1 heterocycles. The number of hydrogen-bond donors (Lipinski definition) is 1. The zero-order valence-electron chi connectivity index (χ0n) is 14.1. The van der Waals surface area contributed by atoms with Crippen LogP contribution in [0.1, 0.15) is 25.8 Å². The van der Waals surface area contributed by atoms with Crippen molar-refractivity contribution in [2.75, 3.05) is 32.8 Å². The van der Waals surface area contributed by atoms with Gasteiger partial charge in [0.15, 0.2) is 0 Å². The Morgan fingerprint density at radius 3 is 2.78 bits per heavy atom. The molecule has 1 aromatic rings. The molecule has 1 amide bonds. The van der Waals surface area contributed by atoms with Crippen LogP contribution in [0.3, 0.4) is 0 Å². The summed E-state index contributed by atoms with van der Waals surface area (Å²) in [4.78, 5) is 16.2. The van der Waals surface area contributed by atoms with Gasteiger partial charge in [-0.3, -0.25) is 4.90 Å². The predicted molar refractivity (Wildman–Crippen MR) is 90.1 cm³/mol. The number of ether oxygens (including phenoxy) is 1. The Morgan fingerprint density at radius 2 is 2.13 bits per heavy atom. The fraction of sp³-hybridized carbons (Fsp3) is 0.611. The lowest BCUT2D eigenvalue weighted by Crippen LogP contribution is -2.38. The minimum absolute atomic E-state index is 0.174. The number of aliphatic hydroxyl groups is 1. The minimum atomic E-state index is -0.227. The average Bonchev–Trinajstić information content (AvgIpc) is 3.02. The molecule has 5 nitrogen and oxygen atoms in total. The molecule has 5 heteroatoms. The zero-order valence-corrected chi connectivity index (χ0v) is 14.1. The third-order valence-corrected chi connectivity index (χ3v) is 4.36. The summed E-state index contributed by atoms with van der Waals surface area (Å²) in [6.07, 6.45) is 0.768. The summed E-state index contributed by atoms with van der Waals surface area (Å²) in [7, 11) is 0. The SMILES string of the molecule is CC(C)N(CCO)CC1CCN(C(=O)OCc2ccccc2)C1. The summed E-state index contributed by atoms with van der Waals surface area (Å²) in [5, 5.41) is 9.15. The third kappa shape index (κ3) is 5.52. The summed E-state index contributed by atoms with van der Waals surface area (Å²) >= 11 is 0. The molecule has 0 spiro atoms. The van der Waals surface area contributed by atoms with Crippen molar-refractivity contribution in [1.82, 2.24) is 9.80 Å². The number of hydrogen-bond acceptors (Lipinski definition) is 4. The predicted octanol–water partition coefficient (Wildman–Crippen LogP) is 2.35. The Labute approximate surface area is 138 Å². The van der Waals surface area contributed by atoms with Crippen LogP contribution in [0.2, 0.25) is 0 Å². The molecule has 0 bridgehead atoms. The number of carbonyl (C=O) groups excluding carboxylic acids is 1. The fourth-order valence-electron chi connectivity index (χ4n) is 2.98. The van der Waals surface area contributed by atoms with E-state index < -0.39 is 0 Å². The van der Waals surface area contributed by atoms with Gasteiger partial charge in [0.25, 0.3) is 0 Å². The van der Waals surface area contributed by atoms with Crippen LogP contribution in [0.5, 0.6) is 0 Å². The summed E-state index contributed by atoms with van der Waals surface area (Å²) < 4.78 is 5.39. The molecule has 23 heavy (non-hydrogen) atoms. The lowest BCUT2D eigenvalue weighted by Gasteiger charge is -2.28. The van der Waals surface area contributed by atoms with Gasteiger partial charge in [0, 0.05) is 32.2 Å². The maximum atomic E-state index is 12.2. The monoisotopic (exact) mass is 320 g/mol. The maximum Gasteiger partial charge on any atom is 0.410 e. The highest BCUT2D eigenvalue weighted by molar-refractivity contribution is 5.68. The van der Waals surface area contributed by atoms with E-state index in [1.165, 1.54) is 0 Å². The molecule has 1 saturated heterocycles. The van der Waals surface area contributed by atoms with Crippen LogP contribution in [0.4, 0.5) is 4.79 Å². The molecule has 1 aromatic carbocycles. The Balaban J connectivity index is 1.76. The molecule has 0 radical (unpaired) electrons. The third-order valence-electron chi connectivity index (χ3n) is 4.36. The van der Waals surface area contributed by atoms with Crippen molar-refractivity contribution in [1.29, 1.82) is 0 Å². The summed E-state index contributed by atoms with van der Waals surface area (Å²) in [6, 6.07) is 10.1. The molecule has 1 atom stereocenters. The molecule has 1 aliphatic rings. The van der Waals surface area contributed by atoms with Gasteiger partial charge in [-0.05, 0) is 31.7 Å². The number of benzene rings is 1. The Morgan fingerprint density at radius 1 is 1.39 bits per heavy atom. The Hall–Kier alpha value is -1.59. The molecule has 2 rings (SSSR count). The van der Waals surface area contributed by atoms with Gasteiger partial charge in [0.2, 0.25) is 0 Å². The van der Waals surface area contributed by atoms with Crippen molar-refractivity contribution in [3.05, 3.63) is 35.9 Å². The largest absolute Gasteiger partial charge is 0.445 e. The van der Waals surface area contributed by atoms with E-state index in [0.717, 1.165) is 31.6 Å². The standard InChI is InChI=1S/C18H28N2O3/c1-15(2)19(10-11-21)12-17-8-9-20(13-17)18(22)23-14-16-6-4-3-5-7-16/h3-7,15,17,21H,8-14H2,1-2H3. The van der Waals surface area contributed by atoms with Crippen molar-refractivity contribution in [2.24, 2.45) is 5.92 Å². The van der Waals surface area contributed by atoms with E-state index in [1.807, 2.05) is 30.3 Å². The molecule has 0 aromatic heterocycles. The van der Waals surface area contributed by atoms with E-state index in [-0.39, 0.29) is 12.7 Å². The van der Waals surface area contributed by atoms with E-state index >= 15 is 0 Å². The van der Waals surface area contributed by atoms with Gasteiger partial charge >= 0.3 is 6.09 Å². The van der Waals surface area contributed by atoms with Gasteiger partial charge in [0.05, 0.1) is 6.61 Å². The van der Waals surface area contributed by atoms with Crippen LogP contribution in [0.15, 0.2) is 30.3 Å². The van der Waals surface area contributed by atoms with Gasteiger partial charge < -0.3 is 14.7 Å². The lowest BCUT2D eigenvalue weighted by molar-refractivity contribution is 0.100. The number of carbonyl (C=O) groups is 1. The Kier molecular flexibility index (Phi) is 6.86. The van der Waals surface area contributed by atoms with Crippen LogP contribution in [-0.2, 0) is 11.3 Å². The van der Waals surface area contributed by atoms with Crippen molar-refractivity contribution >= 4 is 6.09 Å². The minimum Gasteiger partial charge on any atom is -0.445 e. The van der Waals surface area contributed by atoms with Crippen LogP contribution in [0.25, 0.3) is 0 Å². The van der Waals surface area contributed by atoms with Gasteiger partial charge in [-0.2, -0.15) is 0 Å². The number of likely N-dealkylation sites (tertiary alicyclic amines) is 1. The van der Waals surface area contributed by atoms with E-state index in [0.29, 0.717) is 25.1 Å². The molecule has 1 aliphatic heterocycles. The normalized spacial score (nSPS) is 18.0. The zero-order chi connectivity index (χ0) is 16.7. The highest BCUT2D eigenvalue weighted by Gasteiger charge is 2.29. The summed E-state index contributed by atoms with van der Waals surface area (Å²) in [5.41, 5.74) is 1.01. The number of rotatable bonds is 7. The smallest absolute Gasteiger partial charge is 0.410 e. The van der Waals surface area contributed by atoms with Crippen molar-refractivity contribution < 1.29 is 14.6 Å². The van der Waals surface area contributed by atoms with Crippen molar-refractivity contribution in [3.8, 4) is 0 Å². The molecule has 1 N–H and O–H groups in total. The molecule has 1 unspecified atom stereocenters. The van der Waals surface area contributed by atoms with Crippen LogP contribution >= 0.6 is 0 Å². The first-order valence-corrected chi connectivity index (χ1v) is 8.40. The molecule has 0 saturated carbocycles. The molecule has 0 aliphatic carbocycles. The van der Waals surface area contributed by atoms with Crippen LogP contribution in [0, 0.1) is 5.92 Å². The Bertz CT molecular complexity index is 478. The second-order valence-electron chi connectivity index (χ2n) is 6.45. The summed E-state index contributed by atoms with van der Waals surface area (Å²) in [5.74, 6) is 0.452. The second kappa shape index (κ2) is 8.89. The van der Waals surface area contributed by atoms with Gasteiger partial charge in [-0.15, -0.1) is 0 Å². The fourth-order valence-corrected chi connectivity index (χ4v) is 2.98. The highest BCUT2D eigenvalue weighted by Crippen LogP contribution is 2.19. The number of amides is 1. The first kappa shape index (κ1) is 17.8. The van der Waals surface area contributed by atoms with Crippen molar-refractivity contribution in [2.45, 2.75) is 32.9 Å². The lowest BCUT2D eigenvalue weighted by atomic mass is 10.1. The van der Waals surface area contributed by atoms with Crippen LogP contribution in [-0.4, -0.2) is 59.8 Å². The van der Waals surface area contributed by atoms with Gasteiger partial charge in [0.1, 0.15) is 6.61 Å². The molecular formula is C18H28N2O3. The number of aliphatic hydroxyl groups excluding tert-OH is 1. The van der Waals surface area contributed by atoms with E-state index in [1.54, 1.807) is 4.90 Å².